The highest BCUT2D eigenvalue weighted by Crippen LogP contribution is 2.45. The van der Waals surface area contributed by atoms with E-state index in [1.54, 1.807) is 24.6 Å². The molecule has 0 unspecified atom stereocenters. The van der Waals surface area contributed by atoms with Gasteiger partial charge in [0, 0.05) is 17.6 Å². The van der Waals surface area contributed by atoms with Crippen LogP contribution in [0.1, 0.15) is 66.7 Å². The van der Waals surface area contributed by atoms with Crippen molar-refractivity contribution in [1.29, 1.82) is 0 Å². The number of fused-ring (bicyclic) bond motifs is 2. The quantitative estimate of drug-likeness (QED) is 0.310. The van der Waals surface area contributed by atoms with E-state index in [0.29, 0.717) is 29.4 Å². The molecule has 0 bridgehead atoms. The number of thiazole rings is 1. The van der Waals surface area contributed by atoms with Gasteiger partial charge >= 0.3 is 5.97 Å². The first-order valence-electron chi connectivity index (χ1n) is 13.5. The lowest BCUT2D eigenvalue weighted by Crippen LogP contribution is -2.36. The van der Waals surface area contributed by atoms with Gasteiger partial charge < -0.3 is 9.84 Å². The normalized spacial score (nSPS) is 18.0. The van der Waals surface area contributed by atoms with Crippen LogP contribution in [0.2, 0.25) is 0 Å². The minimum absolute atomic E-state index is 0.0259. The maximum absolute atomic E-state index is 13.7. The minimum Gasteiger partial charge on any atom is -0.488 e. The van der Waals surface area contributed by atoms with Gasteiger partial charge in [-0.15, -0.1) is 16.4 Å². The molecule has 2 atom stereocenters. The van der Waals surface area contributed by atoms with Gasteiger partial charge in [0.05, 0.1) is 41.8 Å². The van der Waals surface area contributed by atoms with Gasteiger partial charge in [-0.1, -0.05) is 18.2 Å². The number of aliphatic carboxylic acids is 1. The lowest BCUT2D eigenvalue weighted by atomic mass is 9.74. The SMILES string of the molecule is CC[C@@H]1CN(Cc2nc([C@@H](c3ccc4c(nnn4CC)c3C)C(C)(C)C(=O)O)sc2C)S(=O)(=O)c2cnccc2O1. The number of carboxylic acid groups (broad SMARTS) is 1. The fraction of sp³-hybridized carbons (Fsp3) is 0.464. The molecule has 1 aromatic carbocycles. The van der Waals surface area contributed by atoms with Gasteiger partial charge in [-0.25, -0.2) is 18.1 Å². The van der Waals surface area contributed by atoms with Crippen LogP contribution in [0.15, 0.2) is 35.5 Å². The van der Waals surface area contributed by atoms with E-state index in [2.05, 4.69) is 15.3 Å². The maximum Gasteiger partial charge on any atom is 0.310 e. The van der Waals surface area contributed by atoms with E-state index in [1.165, 1.54) is 28.0 Å². The second kappa shape index (κ2) is 10.8. The largest absolute Gasteiger partial charge is 0.488 e. The molecule has 3 aromatic heterocycles. The summed E-state index contributed by atoms with van der Waals surface area (Å²) in [6.07, 6.45) is 3.11. The van der Waals surface area contributed by atoms with Crippen LogP contribution in [0.3, 0.4) is 0 Å². The van der Waals surface area contributed by atoms with E-state index in [-0.39, 0.29) is 24.1 Å². The third-order valence-corrected chi connectivity index (χ3v) is 10.8. The Morgan fingerprint density at radius 1 is 1.24 bits per heavy atom. The van der Waals surface area contributed by atoms with Crippen molar-refractivity contribution in [2.45, 2.75) is 78.0 Å². The molecule has 1 aliphatic rings. The molecule has 5 rings (SSSR count). The van der Waals surface area contributed by atoms with E-state index in [1.807, 2.05) is 39.8 Å². The summed E-state index contributed by atoms with van der Waals surface area (Å²) in [7, 11) is -3.91. The number of carbonyl (C=O) groups is 1. The van der Waals surface area contributed by atoms with Gasteiger partial charge in [-0.3, -0.25) is 9.78 Å². The zero-order valence-electron chi connectivity index (χ0n) is 23.9. The fourth-order valence-corrected chi connectivity index (χ4v) is 8.01. The highest BCUT2D eigenvalue weighted by atomic mass is 32.2. The molecule has 4 aromatic rings. The topological polar surface area (TPSA) is 140 Å². The van der Waals surface area contributed by atoms with E-state index in [9.17, 15) is 18.3 Å². The molecule has 0 spiro atoms. The summed E-state index contributed by atoms with van der Waals surface area (Å²) in [4.78, 5) is 22.4. The van der Waals surface area contributed by atoms with Gasteiger partial charge in [-0.05, 0) is 64.3 Å². The number of hydrogen-bond donors (Lipinski definition) is 1. The Labute approximate surface area is 243 Å². The molecule has 41 heavy (non-hydrogen) atoms. The van der Waals surface area contributed by atoms with Crippen molar-refractivity contribution in [1.82, 2.24) is 29.3 Å². The van der Waals surface area contributed by atoms with Gasteiger partial charge in [0.1, 0.15) is 27.3 Å². The summed E-state index contributed by atoms with van der Waals surface area (Å²) in [5.41, 5.74) is 2.61. The Hall–Kier alpha value is -3.42. The van der Waals surface area contributed by atoms with E-state index in [0.717, 1.165) is 27.0 Å². The predicted octanol–water partition coefficient (Wildman–Crippen LogP) is 4.52. The second-order valence-electron chi connectivity index (χ2n) is 10.8. The van der Waals surface area contributed by atoms with Crippen molar-refractivity contribution in [3.8, 4) is 5.75 Å². The lowest BCUT2D eigenvalue weighted by molar-refractivity contribution is -0.147. The predicted molar refractivity (Wildman–Crippen MR) is 155 cm³/mol. The van der Waals surface area contributed by atoms with Crippen LogP contribution >= 0.6 is 11.3 Å². The summed E-state index contributed by atoms with van der Waals surface area (Å²) >= 11 is 1.39. The first kappa shape index (κ1) is 29.1. The lowest BCUT2D eigenvalue weighted by Gasteiger charge is -2.30. The number of ether oxygens (including phenoxy) is 1. The molecule has 0 radical (unpaired) electrons. The third-order valence-electron chi connectivity index (χ3n) is 7.87. The van der Waals surface area contributed by atoms with Crippen LogP contribution in [0.4, 0.5) is 0 Å². The third kappa shape index (κ3) is 4.99. The van der Waals surface area contributed by atoms with Crippen LogP contribution in [0, 0.1) is 19.3 Å². The van der Waals surface area contributed by atoms with Gasteiger partial charge in [0.15, 0.2) is 0 Å². The van der Waals surface area contributed by atoms with Gasteiger partial charge in [0.25, 0.3) is 0 Å². The Morgan fingerprint density at radius 3 is 2.68 bits per heavy atom. The van der Waals surface area contributed by atoms with Crippen LogP contribution < -0.4 is 4.74 Å². The smallest absolute Gasteiger partial charge is 0.310 e. The summed E-state index contributed by atoms with van der Waals surface area (Å²) in [5, 5.41) is 19.5. The van der Waals surface area contributed by atoms with Crippen molar-refractivity contribution in [3.05, 3.63) is 57.3 Å². The zero-order chi connectivity index (χ0) is 29.7. The summed E-state index contributed by atoms with van der Waals surface area (Å²) in [6.45, 7) is 12.0. The average Bonchev–Trinajstić information content (AvgIpc) is 3.49. The Balaban J connectivity index is 1.59. The molecule has 11 nitrogen and oxygen atoms in total. The van der Waals surface area contributed by atoms with Gasteiger partial charge in [-0.2, -0.15) is 4.31 Å². The average molecular weight is 599 g/mol. The van der Waals surface area contributed by atoms with Crippen LogP contribution in [-0.4, -0.2) is 61.4 Å². The number of aromatic nitrogens is 5. The number of aryl methyl sites for hydroxylation is 3. The van der Waals surface area contributed by atoms with Crippen molar-refractivity contribution in [2.75, 3.05) is 6.54 Å². The number of benzene rings is 1. The van der Waals surface area contributed by atoms with Crippen molar-refractivity contribution in [2.24, 2.45) is 5.41 Å². The molecule has 218 valence electrons. The zero-order valence-corrected chi connectivity index (χ0v) is 25.6. The highest BCUT2D eigenvalue weighted by molar-refractivity contribution is 7.89. The number of carboxylic acids is 1. The molecular weight excluding hydrogens is 564 g/mol. The van der Waals surface area contributed by atoms with Gasteiger partial charge in [0.2, 0.25) is 10.0 Å². The maximum atomic E-state index is 13.7. The summed E-state index contributed by atoms with van der Waals surface area (Å²) in [5.74, 6) is -1.28. The number of sulfonamides is 1. The summed E-state index contributed by atoms with van der Waals surface area (Å²) < 4.78 is 36.6. The molecule has 13 heteroatoms. The molecule has 0 saturated carbocycles. The van der Waals surface area contributed by atoms with E-state index in [4.69, 9.17) is 9.72 Å². The Bertz CT molecular complexity index is 1730. The molecule has 0 amide bonds. The molecule has 1 N–H and O–H groups in total. The van der Waals surface area contributed by atoms with Crippen molar-refractivity contribution < 1.29 is 23.1 Å². The first-order chi connectivity index (χ1) is 19.4. The minimum atomic E-state index is -3.91. The standard InChI is InChI=1S/C28H34N6O5S2/c1-7-18-14-33(41(37,38)23-13-29-12-11-22(23)39-18)15-20-17(4)40-26(30-20)24(28(5,6)27(35)36)19-9-10-21-25(16(19)3)31-32-34(21)8-2/h9-13,18,24H,7-8,14-15H2,1-6H3,(H,35,36)/t18-,24-/m1/s1. The first-order valence-corrected chi connectivity index (χ1v) is 15.8. The van der Waals surface area contributed by atoms with E-state index < -0.39 is 27.3 Å². The fourth-order valence-electron chi connectivity index (χ4n) is 5.27. The number of pyridine rings is 1. The molecule has 4 heterocycles. The Morgan fingerprint density at radius 2 is 2.00 bits per heavy atom. The Kier molecular flexibility index (Phi) is 7.64. The number of rotatable bonds is 8. The molecule has 0 aliphatic carbocycles. The molecule has 1 aliphatic heterocycles. The van der Waals surface area contributed by atoms with Crippen LogP contribution in [0.25, 0.3) is 11.0 Å². The summed E-state index contributed by atoms with van der Waals surface area (Å²) in [6, 6.07) is 5.43. The van der Waals surface area contributed by atoms with E-state index >= 15 is 0 Å². The second-order valence-corrected chi connectivity index (χ2v) is 14.0. The number of hydrogen-bond acceptors (Lipinski definition) is 9. The van der Waals surface area contributed by atoms with Crippen molar-refractivity contribution in [3.63, 3.8) is 0 Å². The van der Waals surface area contributed by atoms with Crippen molar-refractivity contribution >= 4 is 38.4 Å². The monoisotopic (exact) mass is 598 g/mol. The van der Waals surface area contributed by atoms with Crippen LogP contribution in [-0.2, 0) is 27.9 Å². The molecular formula is C28H34N6O5S2. The molecule has 0 saturated heterocycles. The number of nitrogens with zero attached hydrogens (tertiary/aromatic N) is 6. The van der Waals surface area contributed by atoms with Crippen LogP contribution in [0.5, 0.6) is 5.75 Å². The molecule has 0 fully saturated rings. The highest BCUT2D eigenvalue weighted by Gasteiger charge is 2.43.